The zero-order chi connectivity index (χ0) is 18.1. The number of carbonyl (C=O) groups is 1. The standard InChI is InChI=1S/C20H35N3O3/c1-26-12-11-22-7-2-3-18(22)16-4-8-21(9-5-16)17-13-20(14-17)6-10-23(15-20)19(24)25/h16-18H,2-15H2,1H3,(H,24,25)/t17?,18-,20?/m0/s1. The highest BCUT2D eigenvalue weighted by molar-refractivity contribution is 5.65. The summed E-state index contributed by atoms with van der Waals surface area (Å²) in [6.45, 7) is 7.18. The lowest BCUT2D eigenvalue weighted by atomic mass is 9.64. The van der Waals surface area contributed by atoms with Gasteiger partial charge in [-0.25, -0.2) is 4.79 Å². The summed E-state index contributed by atoms with van der Waals surface area (Å²) in [5.41, 5.74) is 0.308. The van der Waals surface area contributed by atoms with E-state index in [-0.39, 0.29) is 0 Å². The lowest BCUT2D eigenvalue weighted by Crippen LogP contribution is -2.55. The van der Waals surface area contributed by atoms with E-state index in [0.29, 0.717) is 11.5 Å². The van der Waals surface area contributed by atoms with Crippen LogP contribution in [0.3, 0.4) is 0 Å². The maximum atomic E-state index is 11.2. The summed E-state index contributed by atoms with van der Waals surface area (Å²) in [7, 11) is 1.80. The second-order valence-electron chi connectivity index (χ2n) is 9.13. The molecule has 4 rings (SSSR count). The predicted octanol–water partition coefficient (Wildman–Crippen LogP) is 2.34. The predicted molar refractivity (Wildman–Crippen MR) is 100 cm³/mol. The first kappa shape index (κ1) is 18.5. The van der Waals surface area contributed by atoms with Gasteiger partial charge in [0, 0.05) is 38.8 Å². The molecule has 4 fully saturated rings. The fraction of sp³-hybridized carbons (Fsp3) is 0.950. The van der Waals surface area contributed by atoms with Crippen LogP contribution in [-0.2, 0) is 4.74 Å². The number of hydrogen-bond acceptors (Lipinski definition) is 4. The molecule has 1 atom stereocenters. The minimum absolute atomic E-state index is 0.308. The van der Waals surface area contributed by atoms with Gasteiger partial charge in [-0.2, -0.15) is 0 Å². The maximum absolute atomic E-state index is 11.2. The minimum Gasteiger partial charge on any atom is -0.465 e. The fourth-order valence-corrected chi connectivity index (χ4v) is 6.17. The molecule has 3 heterocycles. The average molecular weight is 366 g/mol. The van der Waals surface area contributed by atoms with Gasteiger partial charge in [0.2, 0.25) is 0 Å². The molecule has 1 aliphatic carbocycles. The molecule has 26 heavy (non-hydrogen) atoms. The van der Waals surface area contributed by atoms with Crippen molar-refractivity contribution in [3.05, 3.63) is 0 Å². The first-order valence-corrected chi connectivity index (χ1v) is 10.6. The lowest BCUT2D eigenvalue weighted by Gasteiger charge is -2.52. The van der Waals surface area contributed by atoms with E-state index in [1.165, 1.54) is 58.2 Å². The van der Waals surface area contributed by atoms with Gasteiger partial charge in [-0.05, 0) is 75.9 Å². The Hall–Kier alpha value is -0.850. The van der Waals surface area contributed by atoms with Crippen LogP contribution >= 0.6 is 0 Å². The van der Waals surface area contributed by atoms with E-state index in [4.69, 9.17) is 4.74 Å². The van der Waals surface area contributed by atoms with E-state index in [1.807, 2.05) is 0 Å². The lowest BCUT2D eigenvalue weighted by molar-refractivity contribution is -0.0160. The molecule has 0 radical (unpaired) electrons. The SMILES string of the molecule is COCCN1CCC[C@H]1C1CCN(C2CC3(CCN(C(=O)O)C3)C2)CC1. The molecular weight excluding hydrogens is 330 g/mol. The largest absolute Gasteiger partial charge is 0.465 e. The van der Waals surface area contributed by atoms with E-state index in [9.17, 15) is 9.90 Å². The Labute approximate surface area is 157 Å². The van der Waals surface area contributed by atoms with E-state index in [2.05, 4.69) is 9.80 Å². The Morgan fingerprint density at radius 3 is 2.58 bits per heavy atom. The third-order valence-corrected chi connectivity index (χ3v) is 7.68. The number of amides is 1. The van der Waals surface area contributed by atoms with Crippen LogP contribution in [0.4, 0.5) is 4.79 Å². The van der Waals surface area contributed by atoms with Gasteiger partial charge in [0.15, 0.2) is 0 Å². The molecule has 1 amide bonds. The van der Waals surface area contributed by atoms with Crippen LogP contribution in [0.2, 0.25) is 0 Å². The van der Waals surface area contributed by atoms with Crippen molar-refractivity contribution in [1.29, 1.82) is 0 Å². The van der Waals surface area contributed by atoms with E-state index in [0.717, 1.165) is 44.6 Å². The van der Waals surface area contributed by atoms with Crippen molar-refractivity contribution in [2.24, 2.45) is 11.3 Å². The van der Waals surface area contributed by atoms with Crippen molar-refractivity contribution in [2.75, 3.05) is 53.0 Å². The molecule has 0 aromatic carbocycles. The van der Waals surface area contributed by atoms with E-state index >= 15 is 0 Å². The summed E-state index contributed by atoms with van der Waals surface area (Å²) in [5, 5.41) is 9.19. The van der Waals surface area contributed by atoms with Crippen LogP contribution in [0.15, 0.2) is 0 Å². The second-order valence-corrected chi connectivity index (χ2v) is 9.13. The number of carboxylic acid groups (broad SMARTS) is 1. The molecule has 1 saturated carbocycles. The Morgan fingerprint density at radius 2 is 1.92 bits per heavy atom. The number of nitrogens with zero attached hydrogens (tertiary/aromatic N) is 3. The minimum atomic E-state index is -0.735. The molecule has 3 saturated heterocycles. The number of hydrogen-bond donors (Lipinski definition) is 1. The first-order chi connectivity index (χ1) is 12.6. The van der Waals surface area contributed by atoms with Gasteiger partial charge in [-0.3, -0.25) is 4.90 Å². The Kier molecular flexibility index (Phi) is 5.44. The number of rotatable bonds is 5. The number of likely N-dealkylation sites (tertiary alicyclic amines) is 3. The van der Waals surface area contributed by atoms with Gasteiger partial charge < -0.3 is 19.6 Å². The molecule has 4 aliphatic rings. The van der Waals surface area contributed by atoms with Crippen LogP contribution in [0.1, 0.15) is 44.9 Å². The van der Waals surface area contributed by atoms with Crippen molar-refractivity contribution >= 4 is 6.09 Å². The van der Waals surface area contributed by atoms with Crippen LogP contribution < -0.4 is 0 Å². The van der Waals surface area contributed by atoms with Crippen LogP contribution in [0, 0.1) is 11.3 Å². The van der Waals surface area contributed by atoms with Crippen molar-refractivity contribution in [3.63, 3.8) is 0 Å². The Balaban J connectivity index is 1.22. The highest BCUT2D eigenvalue weighted by Crippen LogP contribution is 2.50. The highest BCUT2D eigenvalue weighted by Gasteiger charge is 2.51. The highest BCUT2D eigenvalue weighted by atomic mass is 16.5. The third kappa shape index (κ3) is 3.60. The van der Waals surface area contributed by atoms with Gasteiger partial charge >= 0.3 is 6.09 Å². The molecule has 3 aliphatic heterocycles. The fourth-order valence-electron chi connectivity index (χ4n) is 6.17. The van der Waals surface area contributed by atoms with Crippen molar-refractivity contribution < 1.29 is 14.6 Å². The van der Waals surface area contributed by atoms with Crippen molar-refractivity contribution in [1.82, 2.24) is 14.7 Å². The molecule has 0 bridgehead atoms. The second kappa shape index (κ2) is 7.64. The molecule has 6 nitrogen and oxygen atoms in total. The summed E-state index contributed by atoms with van der Waals surface area (Å²) in [5.74, 6) is 0.855. The van der Waals surface area contributed by atoms with E-state index in [1.54, 1.807) is 12.0 Å². The van der Waals surface area contributed by atoms with Crippen LogP contribution in [-0.4, -0.2) is 91.0 Å². The first-order valence-electron chi connectivity index (χ1n) is 10.6. The van der Waals surface area contributed by atoms with Gasteiger partial charge in [0.05, 0.1) is 6.61 Å². The van der Waals surface area contributed by atoms with Crippen molar-refractivity contribution in [3.8, 4) is 0 Å². The molecule has 1 N–H and O–H groups in total. The number of methoxy groups -OCH3 is 1. The molecule has 0 aromatic rings. The van der Waals surface area contributed by atoms with Gasteiger partial charge in [0.1, 0.15) is 0 Å². The molecule has 0 aromatic heterocycles. The number of ether oxygens (including phenoxy) is 1. The molecule has 6 heteroatoms. The molecule has 1 spiro atoms. The summed E-state index contributed by atoms with van der Waals surface area (Å²) in [6.07, 6.45) is 8.14. The topological polar surface area (TPSA) is 56.2 Å². The van der Waals surface area contributed by atoms with Crippen molar-refractivity contribution in [2.45, 2.75) is 57.0 Å². The third-order valence-electron chi connectivity index (χ3n) is 7.68. The monoisotopic (exact) mass is 365 g/mol. The summed E-state index contributed by atoms with van der Waals surface area (Å²) in [6, 6.07) is 1.48. The zero-order valence-corrected chi connectivity index (χ0v) is 16.2. The Morgan fingerprint density at radius 1 is 1.15 bits per heavy atom. The van der Waals surface area contributed by atoms with Crippen LogP contribution in [0.5, 0.6) is 0 Å². The maximum Gasteiger partial charge on any atom is 0.407 e. The zero-order valence-electron chi connectivity index (χ0n) is 16.2. The summed E-state index contributed by atoms with van der Waals surface area (Å²) in [4.78, 5) is 18.2. The molecular formula is C20H35N3O3. The molecule has 0 unspecified atom stereocenters. The van der Waals surface area contributed by atoms with Crippen LogP contribution in [0.25, 0.3) is 0 Å². The quantitative estimate of drug-likeness (QED) is 0.810. The van der Waals surface area contributed by atoms with E-state index < -0.39 is 6.09 Å². The van der Waals surface area contributed by atoms with Gasteiger partial charge in [-0.1, -0.05) is 0 Å². The average Bonchev–Trinajstić information content (AvgIpc) is 3.26. The smallest absolute Gasteiger partial charge is 0.407 e. The number of piperidine rings is 1. The van der Waals surface area contributed by atoms with Gasteiger partial charge in [-0.15, -0.1) is 0 Å². The molecule has 148 valence electrons. The Bertz CT molecular complexity index is 501. The summed E-state index contributed by atoms with van der Waals surface area (Å²) < 4.78 is 5.29. The summed E-state index contributed by atoms with van der Waals surface area (Å²) >= 11 is 0. The van der Waals surface area contributed by atoms with Gasteiger partial charge in [0.25, 0.3) is 0 Å². The normalized spacial score (nSPS) is 36.7.